The smallest absolute Gasteiger partial charge is 0.309 e. The first-order chi connectivity index (χ1) is 20.9. The Bertz CT molecular complexity index is 593. The highest BCUT2D eigenvalue weighted by Gasteiger charge is 2.22. The van der Waals surface area contributed by atoms with E-state index >= 15 is 0 Å². The lowest BCUT2D eigenvalue weighted by Gasteiger charge is -2.21. The van der Waals surface area contributed by atoms with Gasteiger partial charge in [0.1, 0.15) is 12.7 Å². The van der Waals surface area contributed by atoms with E-state index in [-0.39, 0.29) is 30.6 Å². The molecular formula is C38H75NO4. The molecular weight excluding hydrogens is 534 g/mol. The zero-order chi connectivity index (χ0) is 31.8. The number of rotatable bonds is 33. The number of unbranched alkanes of at least 4 members (excludes halogenated alkanes) is 19. The molecule has 0 amide bonds. The Morgan fingerprint density at radius 2 is 0.953 bits per heavy atom. The van der Waals surface area contributed by atoms with Gasteiger partial charge in [0, 0.05) is 6.42 Å². The summed E-state index contributed by atoms with van der Waals surface area (Å²) in [5.74, 6) is -0.236. The van der Waals surface area contributed by atoms with E-state index in [1.807, 2.05) is 0 Å². The Balaban J connectivity index is 4.83. The largest absolute Gasteiger partial charge is 0.462 e. The fourth-order valence-electron chi connectivity index (χ4n) is 5.82. The van der Waals surface area contributed by atoms with Crippen LogP contribution in [0.25, 0.3) is 0 Å². The lowest BCUT2D eigenvalue weighted by atomic mass is 9.94. The van der Waals surface area contributed by atoms with Crippen molar-refractivity contribution in [2.24, 2.45) is 5.92 Å². The Labute approximate surface area is 269 Å². The van der Waals surface area contributed by atoms with Crippen LogP contribution in [0.1, 0.15) is 194 Å². The number of nitrogens with zero attached hydrogens (tertiary/aromatic N) is 1. The van der Waals surface area contributed by atoms with Crippen LogP contribution in [0.4, 0.5) is 0 Å². The summed E-state index contributed by atoms with van der Waals surface area (Å²) in [6.07, 6.45) is 30.8. The van der Waals surface area contributed by atoms with Crippen molar-refractivity contribution >= 4 is 11.9 Å². The summed E-state index contributed by atoms with van der Waals surface area (Å²) < 4.78 is 11.8. The summed E-state index contributed by atoms with van der Waals surface area (Å²) in [5.41, 5.74) is 0. The molecule has 1 unspecified atom stereocenters. The Morgan fingerprint density at radius 3 is 1.40 bits per heavy atom. The maximum Gasteiger partial charge on any atom is 0.309 e. The number of carbonyl (C=O) groups is 2. The minimum atomic E-state index is -0.321. The van der Waals surface area contributed by atoms with Gasteiger partial charge < -0.3 is 14.4 Å². The van der Waals surface area contributed by atoms with Crippen LogP contribution in [0.5, 0.6) is 0 Å². The average Bonchev–Trinajstić information content (AvgIpc) is 2.99. The van der Waals surface area contributed by atoms with E-state index in [4.69, 9.17) is 9.47 Å². The molecule has 0 aromatic carbocycles. The molecule has 0 aliphatic carbocycles. The van der Waals surface area contributed by atoms with Crippen molar-refractivity contribution in [2.45, 2.75) is 200 Å². The van der Waals surface area contributed by atoms with Gasteiger partial charge in [-0.25, -0.2) is 0 Å². The van der Waals surface area contributed by atoms with Gasteiger partial charge >= 0.3 is 11.9 Å². The molecule has 0 saturated heterocycles. The molecule has 0 aromatic rings. The van der Waals surface area contributed by atoms with Crippen LogP contribution >= 0.6 is 0 Å². The van der Waals surface area contributed by atoms with Crippen molar-refractivity contribution in [3.63, 3.8) is 0 Å². The van der Waals surface area contributed by atoms with Gasteiger partial charge in [-0.05, 0) is 59.2 Å². The predicted octanol–water partition coefficient (Wildman–Crippen LogP) is 11.2. The Morgan fingerprint density at radius 1 is 0.535 bits per heavy atom. The summed E-state index contributed by atoms with van der Waals surface area (Å²) in [5, 5.41) is 0. The highest BCUT2D eigenvalue weighted by Crippen LogP contribution is 2.22. The van der Waals surface area contributed by atoms with Gasteiger partial charge in [0.2, 0.25) is 0 Å². The van der Waals surface area contributed by atoms with Gasteiger partial charge in [0.05, 0.1) is 5.92 Å². The molecule has 0 spiro atoms. The highest BCUT2D eigenvalue weighted by atomic mass is 16.6. The van der Waals surface area contributed by atoms with E-state index in [1.165, 1.54) is 109 Å². The number of hydrogen-bond acceptors (Lipinski definition) is 5. The minimum Gasteiger partial charge on any atom is -0.462 e. The van der Waals surface area contributed by atoms with Gasteiger partial charge in [0.15, 0.2) is 0 Å². The second-order valence-electron chi connectivity index (χ2n) is 13.4. The summed E-state index contributed by atoms with van der Waals surface area (Å²) in [7, 11) is 4.11. The Hall–Kier alpha value is -1.10. The second kappa shape index (κ2) is 32.3. The first kappa shape index (κ1) is 41.9. The molecule has 1 atom stereocenters. The van der Waals surface area contributed by atoms with Crippen molar-refractivity contribution < 1.29 is 19.1 Å². The lowest BCUT2D eigenvalue weighted by Crippen LogP contribution is -2.28. The van der Waals surface area contributed by atoms with Crippen LogP contribution < -0.4 is 0 Å². The van der Waals surface area contributed by atoms with Crippen LogP contribution in [0.15, 0.2) is 0 Å². The van der Waals surface area contributed by atoms with E-state index in [0.29, 0.717) is 6.42 Å². The van der Waals surface area contributed by atoms with E-state index in [0.717, 1.165) is 64.3 Å². The fraction of sp³-hybridized carbons (Fsp3) is 0.947. The van der Waals surface area contributed by atoms with Gasteiger partial charge in [0.25, 0.3) is 0 Å². The zero-order valence-corrected chi connectivity index (χ0v) is 29.7. The summed E-state index contributed by atoms with van der Waals surface area (Å²) in [6.45, 7) is 7.94. The highest BCUT2D eigenvalue weighted by molar-refractivity contribution is 5.72. The first-order valence-corrected chi connectivity index (χ1v) is 18.9. The van der Waals surface area contributed by atoms with E-state index in [1.54, 1.807) is 0 Å². The molecule has 0 aliphatic heterocycles. The van der Waals surface area contributed by atoms with E-state index in [9.17, 15) is 9.59 Å². The standard InChI is InChI=1S/C38H75NO4/c1-6-9-12-15-18-19-20-23-26-31-36(43-37(40)32-27-28-33-39(4)5)34-42-38(41)35(29-24-21-16-13-10-7-2)30-25-22-17-14-11-8-3/h35-36H,6-34H2,1-5H3. The maximum atomic E-state index is 13.3. The lowest BCUT2D eigenvalue weighted by molar-refractivity contribution is -0.162. The molecule has 0 N–H and O–H groups in total. The summed E-state index contributed by atoms with van der Waals surface area (Å²) in [4.78, 5) is 28.1. The fourth-order valence-corrected chi connectivity index (χ4v) is 5.82. The quantitative estimate of drug-likeness (QED) is 0.0547. The molecule has 5 nitrogen and oxygen atoms in total. The van der Waals surface area contributed by atoms with Gasteiger partial charge in [-0.2, -0.15) is 0 Å². The van der Waals surface area contributed by atoms with Gasteiger partial charge in [-0.15, -0.1) is 0 Å². The molecule has 43 heavy (non-hydrogen) atoms. The number of esters is 2. The topological polar surface area (TPSA) is 55.8 Å². The molecule has 0 heterocycles. The number of hydrogen-bond donors (Lipinski definition) is 0. The van der Waals surface area contributed by atoms with Crippen molar-refractivity contribution in [2.75, 3.05) is 27.2 Å². The normalized spacial score (nSPS) is 12.3. The van der Waals surface area contributed by atoms with Gasteiger partial charge in [-0.1, -0.05) is 149 Å². The molecule has 5 heteroatoms. The van der Waals surface area contributed by atoms with Crippen molar-refractivity contribution in [1.29, 1.82) is 0 Å². The Kier molecular flexibility index (Phi) is 31.5. The van der Waals surface area contributed by atoms with Crippen LogP contribution in [0, 0.1) is 5.92 Å². The van der Waals surface area contributed by atoms with Crippen LogP contribution in [-0.4, -0.2) is 50.2 Å². The third-order valence-electron chi connectivity index (χ3n) is 8.72. The number of ether oxygens (including phenoxy) is 2. The molecule has 0 bridgehead atoms. The molecule has 0 radical (unpaired) electrons. The van der Waals surface area contributed by atoms with E-state index < -0.39 is 0 Å². The van der Waals surface area contributed by atoms with Crippen LogP contribution in [0.3, 0.4) is 0 Å². The van der Waals surface area contributed by atoms with Gasteiger partial charge in [-0.3, -0.25) is 9.59 Å². The maximum absolute atomic E-state index is 13.3. The van der Waals surface area contributed by atoms with Crippen LogP contribution in [0.2, 0.25) is 0 Å². The molecule has 0 aromatic heterocycles. The summed E-state index contributed by atoms with van der Waals surface area (Å²) in [6, 6.07) is 0. The average molecular weight is 610 g/mol. The predicted molar refractivity (Wildman–Crippen MR) is 185 cm³/mol. The third-order valence-corrected chi connectivity index (χ3v) is 8.72. The zero-order valence-electron chi connectivity index (χ0n) is 29.7. The monoisotopic (exact) mass is 610 g/mol. The van der Waals surface area contributed by atoms with Crippen LogP contribution in [-0.2, 0) is 19.1 Å². The van der Waals surface area contributed by atoms with Crippen molar-refractivity contribution in [3.05, 3.63) is 0 Å². The SMILES string of the molecule is CCCCCCCCCCCC(COC(=O)C(CCCCCCCC)CCCCCCCC)OC(=O)CCCCN(C)C. The molecule has 0 saturated carbocycles. The number of carbonyl (C=O) groups excluding carboxylic acids is 2. The van der Waals surface area contributed by atoms with Crippen molar-refractivity contribution in [3.8, 4) is 0 Å². The first-order valence-electron chi connectivity index (χ1n) is 18.9. The molecule has 0 fully saturated rings. The second-order valence-corrected chi connectivity index (χ2v) is 13.4. The molecule has 0 rings (SSSR count). The summed E-state index contributed by atoms with van der Waals surface area (Å²) >= 11 is 0. The third kappa shape index (κ3) is 29.4. The molecule has 256 valence electrons. The minimum absolute atomic E-state index is 0.0209. The molecule has 0 aliphatic rings. The van der Waals surface area contributed by atoms with Crippen molar-refractivity contribution in [1.82, 2.24) is 4.90 Å². The van der Waals surface area contributed by atoms with E-state index in [2.05, 4.69) is 39.8 Å².